The Balaban J connectivity index is 3.09. The number of aromatic nitrogens is 1. The molecular formula is C16H29N3O2. The monoisotopic (exact) mass is 295 g/mol. The van der Waals surface area contributed by atoms with Gasteiger partial charge in [0.25, 0.3) is 5.91 Å². The summed E-state index contributed by atoms with van der Waals surface area (Å²) in [7, 11) is 1.66. The van der Waals surface area contributed by atoms with Gasteiger partial charge in [0, 0.05) is 31.9 Å². The average molecular weight is 295 g/mol. The van der Waals surface area contributed by atoms with Gasteiger partial charge in [0.2, 0.25) is 0 Å². The molecule has 1 aromatic rings. The van der Waals surface area contributed by atoms with E-state index in [1.54, 1.807) is 13.2 Å². The minimum absolute atomic E-state index is 0.0335. The van der Waals surface area contributed by atoms with Crippen molar-refractivity contribution >= 4 is 11.6 Å². The standard InChI is InChI=1S/C16H29N3O2/c1-6-14(7-2)18(8-9-21-5)16(20)15-10-13(17)11-19(15)12(3)4/h10-12,14H,6-9,17H2,1-5H3. The second-order valence-electron chi connectivity index (χ2n) is 5.62. The summed E-state index contributed by atoms with van der Waals surface area (Å²) in [6.45, 7) is 9.46. The van der Waals surface area contributed by atoms with Crippen LogP contribution in [-0.2, 0) is 4.74 Å². The summed E-state index contributed by atoms with van der Waals surface area (Å²) in [6, 6.07) is 2.20. The molecule has 5 heteroatoms. The van der Waals surface area contributed by atoms with Gasteiger partial charge < -0.3 is 19.9 Å². The van der Waals surface area contributed by atoms with Gasteiger partial charge in [0.15, 0.2) is 0 Å². The topological polar surface area (TPSA) is 60.5 Å². The summed E-state index contributed by atoms with van der Waals surface area (Å²) < 4.78 is 7.10. The number of nitrogen functional groups attached to an aromatic ring is 1. The first-order chi connectivity index (χ1) is 9.96. The molecule has 5 nitrogen and oxygen atoms in total. The first-order valence-corrected chi connectivity index (χ1v) is 7.73. The van der Waals surface area contributed by atoms with Crippen molar-refractivity contribution in [3.63, 3.8) is 0 Å². The number of carbonyl (C=O) groups is 1. The normalized spacial score (nSPS) is 11.4. The average Bonchev–Trinajstić information content (AvgIpc) is 2.85. The third kappa shape index (κ3) is 4.24. The molecule has 0 aromatic carbocycles. The second kappa shape index (κ2) is 8.08. The summed E-state index contributed by atoms with van der Waals surface area (Å²) in [5, 5.41) is 0. The molecular weight excluding hydrogens is 266 g/mol. The van der Waals surface area contributed by atoms with Crippen molar-refractivity contribution in [3.8, 4) is 0 Å². The Morgan fingerprint density at radius 1 is 1.38 bits per heavy atom. The van der Waals surface area contributed by atoms with Crippen LogP contribution in [0.4, 0.5) is 5.69 Å². The zero-order valence-corrected chi connectivity index (χ0v) is 13.9. The molecule has 0 saturated heterocycles. The number of hydrogen-bond acceptors (Lipinski definition) is 3. The largest absolute Gasteiger partial charge is 0.397 e. The van der Waals surface area contributed by atoms with Gasteiger partial charge in [-0.25, -0.2) is 0 Å². The zero-order valence-electron chi connectivity index (χ0n) is 13.9. The van der Waals surface area contributed by atoms with E-state index in [1.807, 2.05) is 29.5 Å². The lowest BCUT2D eigenvalue weighted by Gasteiger charge is -2.31. The predicted octanol–water partition coefficient (Wildman–Crippen LogP) is 2.93. The molecule has 0 radical (unpaired) electrons. The molecule has 0 aliphatic carbocycles. The van der Waals surface area contributed by atoms with Crippen LogP contribution in [0.3, 0.4) is 0 Å². The van der Waals surface area contributed by atoms with Crippen LogP contribution in [0.2, 0.25) is 0 Å². The third-order valence-electron chi connectivity index (χ3n) is 3.83. The van der Waals surface area contributed by atoms with Gasteiger partial charge in [0.05, 0.1) is 12.3 Å². The van der Waals surface area contributed by atoms with Crippen molar-refractivity contribution in [3.05, 3.63) is 18.0 Å². The fraction of sp³-hybridized carbons (Fsp3) is 0.688. The highest BCUT2D eigenvalue weighted by Crippen LogP contribution is 2.20. The number of nitrogens with zero attached hydrogens (tertiary/aromatic N) is 2. The maximum atomic E-state index is 12.9. The molecule has 0 spiro atoms. The van der Waals surface area contributed by atoms with Gasteiger partial charge >= 0.3 is 0 Å². The predicted molar refractivity (Wildman–Crippen MR) is 86.5 cm³/mol. The lowest BCUT2D eigenvalue weighted by molar-refractivity contribution is 0.0577. The molecule has 0 unspecified atom stereocenters. The van der Waals surface area contributed by atoms with E-state index in [0.717, 1.165) is 12.8 Å². The Labute approximate surface area is 128 Å². The number of hydrogen-bond donors (Lipinski definition) is 1. The fourth-order valence-electron chi connectivity index (χ4n) is 2.62. The summed E-state index contributed by atoms with van der Waals surface area (Å²) in [6.07, 6.45) is 3.70. The molecule has 1 rings (SSSR count). The maximum Gasteiger partial charge on any atom is 0.270 e. The Kier molecular flexibility index (Phi) is 6.75. The van der Waals surface area contributed by atoms with Crippen LogP contribution in [0, 0.1) is 0 Å². The van der Waals surface area contributed by atoms with Crippen LogP contribution >= 0.6 is 0 Å². The Hall–Kier alpha value is -1.49. The molecule has 1 heterocycles. The Bertz CT molecular complexity index is 450. The fourth-order valence-corrected chi connectivity index (χ4v) is 2.62. The highest BCUT2D eigenvalue weighted by molar-refractivity contribution is 5.94. The molecule has 0 bridgehead atoms. The lowest BCUT2D eigenvalue weighted by atomic mass is 10.1. The molecule has 1 amide bonds. The van der Waals surface area contributed by atoms with Gasteiger partial charge in [-0.15, -0.1) is 0 Å². The molecule has 1 aromatic heterocycles. The van der Waals surface area contributed by atoms with E-state index in [0.29, 0.717) is 24.5 Å². The molecule has 21 heavy (non-hydrogen) atoms. The maximum absolute atomic E-state index is 12.9. The second-order valence-corrected chi connectivity index (χ2v) is 5.62. The summed E-state index contributed by atoms with van der Waals surface area (Å²) >= 11 is 0. The number of amides is 1. The molecule has 0 aliphatic heterocycles. The number of methoxy groups -OCH3 is 1. The van der Waals surface area contributed by atoms with E-state index in [4.69, 9.17) is 10.5 Å². The van der Waals surface area contributed by atoms with E-state index >= 15 is 0 Å². The molecule has 0 fully saturated rings. The number of carbonyl (C=O) groups excluding carboxylic acids is 1. The molecule has 0 aliphatic rings. The summed E-state index contributed by atoms with van der Waals surface area (Å²) in [5.74, 6) is 0.0335. The van der Waals surface area contributed by atoms with Gasteiger partial charge in [-0.05, 0) is 32.8 Å². The van der Waals surface area contributed by atoms with Crippen molar-refractivity contribution in [1.82, 2.24) is 9.47 Å². The quantitative estimate of drug-likeness (QED) is 0.802. The van der Waals surface area contributed by atoms with E-state index < -0.39 is 0 Å². The zero-order chi connectivity index (χ0) is 16.0. The van der Waals surface area contributed by atoms with Crippen LogP contribution in [0.25, 0.3) is 0 Å². The van der Waals surface area contributed by atoms with Gasteiger partial charge in [0.1, 0.15) is 5.69 Å². The van der Waals surface area contributed by atoms with Crippen molar-refractivity contribution in [1.29, 1.82) is 0 Å². The summed E-state index contributed by atoms with van der Waals surface area (Å²) in [4.78, 5) is 14.9. The number of nitrogens with two attached hydrogens (primary N) is 1. The minimum Gasteiger partial charge on any atom is -0.397 e. The molecule has 2 N–H and O–H groups in total. The number of anilines is 1. The van der Waals surface area contributed by atoms with E-state index in [2.05, 4.69) is 13.8 Å². The Morgan fingerprint density at radius 3 is 2.48 bits per heavy atom. The van der Waals surface area contributed by atoms with Gasteiger partial charge in [-0.2, -0.15) is 0 Å². The van der Waals surface area contributed by atoms with Crippen LogP contribution in [0.1, 0.15) is 57.1 Å². The van der Waals surface area contributed by atoms with E-state index in [9.17, 15) is 4.79 Å². The van der Waals surface area contributed by atoms with Gasteiger partial charge in [-0.3, -0.25) is 4.79 Å². The lowest BCUT2D eigenvalue weighted by Crippen LogP contribution is -2.42. The van der Waals surface area contributed by atoms with Crippen LogP contribution in [0.15, 0.2) is 12.3 Å². The minimum atomic E-state index is 0.0335. The third-order valence-corrected chi connectivity index (χ3v) is 3.83. The van der Waals surface area contributed by atoms with Crippen LogP contribution < -0.4 is 5.73 Å². The van der Waals surface area contributed by atoms with Crippen molar-refractivity contribution in [2.45, 2.75) is 52.6 Å². The molecule has 0 atom stereocenters. The van der Waals surface area contributed by atoms with Crippen molar-refractivity contribution < 1.29 is 9.53 Å². The van der Waals surface area contributed by atoms with Crippen LogP contribution in [-0.4, -0.2) is 41.7 Å². The highest BCUT2D eigenvalue weighted by Gasteiger charge is 2.25. The smallest absolute Gasteiger partial charge is 0.270 e. The van der Waals surface area contributed by atoms with Gasteiger partial charge in [-0.1, -0.05) is 13.8 Å². The summed E-state index contributed by atoms with van der Waals surface area (Å²) in [5.41, 5.74) is 7.17. The first kappa shape index (κ1) is 17.6. The van der Waals surface area contributed by atoms with Crippen molar-refractivity contribution in [2.75, 3.05) is 26.0 Å². The molecule has 0 saturated carbocycles. The highest BCUT2D eigenvalue weighted by atomic mass is 16.5. The van der Waals surface area contributed by atoms with Crippen LogP contribution in [0.5, 0.6) is 0 Å². The first-order valence-electron chi connectivity index (χ1n) is 7.73. The molecule has 120 valence electrons. The van der Waals surface area contributed by atoms with Crippen molar-refractivity contribution in [2.24, 2.45) is 0 Å². The number of ether oxygens (including phenoxy) is 1. The number of rotatable bonds is 8. The van der Waals surface area contributed by atoms with E-state index in [-0.39, 0.29) is 18.0 Å². The van der Waals surface area contributed by atoms with E-state index in [1.165, 1.54) is 0 Å². The SMILES string of the molecule is CCC(CC)N(CCOC)C(=O)c1cc(N)cn1C(C)C. The Morgan fingerprint density at radius 2 is 2.00 bits per heavy atom.